The quantitative estimate of drug-likeness (QED) is 0.815. The zero-order valence-electron chi connectivity index (χ0n) is 13.3. The molecule has 0 fully saturated rings. The van der Waals surface area contributed by atoms with Gasteiger partial charge in [0.05, 0.1) is 12.6 Å². The Bertz CT molecular complexity index is 680. The molecular weight excluding hydrogens is 293 g/mol. The van der Waals surface area contributed by atoms with E-state index < -0.39 is 0 Å². The van der Waals surface area contributed by atoms with Crippen LogP contribution in [0.1, 0.15) is 31.0 Å². The number of carbonyl (C=O) groups is 1. The standard InChI is InChI=1S/C19H20FNO2/c1-3-23-18-7-5-4-6-16(18)10-13-19(22)21-14(2)15-8-11-17(20)12-9-15/h4-14H,3H2,1-2H3,(H,21,22)/b13-10+/t14-/m0/s1. The molecule has 2 rings (SSSR count). The van der Waals surface area contributed by atoms with Gasteiger partial charge in [0.1, 0.15) is 11.6 Å². The third-order valence-corrected chi connectivity index (χ3v) is 3.36. The highest BCUT2D eigenvalue weighted by Crippen LogP contribution is 2.19. The Labute approximate surface area is 135 Å². The van der Waals surface area contributed by atoms with Crippen LogP contribution in [0.3, 0.4) is 0 Å². The number of benzene rings is 2. The van der Waals surface area contributed by atoms with Crippen LogP contribution in [0, 0.1) is 5.82 Å². The summed E-state index contributed by atoms with van der Waals surface area (Å²) in [4.78, 5) is 12.0. The Balaban J connectivity index is 2.00. The van der Waals surface area contributed by atoms with Gasteiger partial charge < -0.3 is 10.1 Å². The smallest absolute Gasteiger partial charge is 0.244 e. The fourth-order valence-corrected chi connectivity index (χ4v) is 2.17. The first kappa shape index (κ1) is 16.7. The molecule has 0 saturated carbocycles. The molecule has 23 heavy (non-hydrogen) atoms. The first-order valence-corrected chi connectivity index (χ1v) is 7.56. The Morgan fingerprint density at radius 1 is 1.22 bits per heavy atom. The Morgan fingerprint density at radius 3 is 2.61 bits per heavy atom. The average molecular weight is 313 g/mol. The third-order valence-electron chi connectivity index (χ3n) is 3.36. The summed E-state index contributed by atoms with van der Waals surface area (Å²) in [5.41, 5.74) is 1.70. The van der Waals surface area contributed by atoms with E-state index in [0.717, 1.165) is 16.9 Å². The Morgan fingerprint density at radius 2 is 1.91 bits per heavy atom. The normalized spacial score (nSPS) is 12.1. The van der Waals surface area contributed by atoms with Gasteiger partial charge in [0.2, 0.25) is 5.91 Å². The van der Waals surface area contributed by atoms with E-state index in [4.69, 9.17) is 4.74 Å². The van der Waals surface area contributed by atoms with Crippen molar-refractivity contribution in [2.45, 2.75) is 19.9 Å². The lowest BCUT2D eigenvalue weighted by Crippen LogP contribution is -2.24. The summed E-state index contributed by atoms with van der Waals surface area (Å²) in [6.45, 7) is 4.34. The molecule has 4 heteroatoms. The highest BCUT2D eigenvalue weighted by atomic mass is 19.1. The number of halogens is 1. The van der Waals surface area contributed by atoms with Gasteiger partial charge in [-0.1, -0.05) is 30.3 Å². The molecule has 0 heterocycles. The second kappa shape index (κ2) is 8.13. The molecule has 0 aliphatic rings. The van der Waals surface area contributed by atoms with Crippen molar-refractivity contribution in [3.05, 3.63) is 71.6 Å². The summed E-state index contributed by atoms with van der Waals surface area (Å²) in [7, 11) is 0. The van der Waals surface area contributed by atoms with Crippen LogP contribution in [0.4, 0.5) is 4.39 Å². The predicted octanol–water partition coefficient (Wildman–Crippen LogP) is 4.12. The first-order chi connectivity index (χ1) is 11.1. The largest absolute Gasteiger partial charge is 0.493 e. The van der Waals surface area contributed by atoms with Crippen LogP contribution in [0.25, 0.3) is 6.08 Å². The molecule has 1 amide bonds. The minimum atomic E-state index is -0.292. The number of ether oxygens (including phenoxy) is 1. The highest BCUT2D eigenvalue weighted by molar-refractivity contribution is 5.92. The summed E-state index contributed by atoms with van der Waals surface area (Å²) in [5, 5.41) is 2.85. The summed E-state index contributed by atoms with van der Waals surface area (Å²) in [5.74, 6) is 0.235. The lowest BCUT2D eigenvalue weighted by molar-refractivity contribution is -0.117. The number of hydrogen-bond acceptors (Lipinski definition) is 2. The molecule has 0 aliphatic carbocycles. The number of para-hydroxylation sites is 1. The van der Waals surface area contributed by atoms with Gasteiger partial charge in [-0.05, 0) is 43.7 Å². The van der Waals surface area contributed by atoms with Crippen molar-refractivity contribution in [2.24, 2.45) is 0 Å². The molecule has 0 aromatic heterocycles. The van der Waals surface area contributed by atoms with E-state index in [2.05, 4.69) is 5.32 Å². The number of hydrogen-bond donors (Lipinski definition) is 1. The van der Waals surface area contributed by atoms with Crippen molar-refractivity contribution >= 4 is 12.0 Å². The predicted molar refractivity (Wildman–Crippen MR) is 89.6 cm³/mol. The van der Waals surface area contributed by atoms with Crippen LogP contribution in [0.15, 0.2) is 54.6 Å². The van der Waals surface area contributed by atoms with Gasteiger partial charge in [0.25, 0.3) is 0 Å². The van der Waals surface area contributed by atoms with Crippen molar-refractivity contribution in [3.63, 3.8) is 0 Å². The lowest BCUT2D eigenvalue weighted by Gasteiger charge is -2.13. The monoisotopic (exact) mass is 313 g/mol. The van der Waals surface area contributed by atoms with Crippen LogP contribution in [-0.2, 0) is 4.79 Å². The number of rotatable bonds is 6. The topological polar surface area (TPSA) is 38.3 Å². The van der Waals surface area contributed by atoms with Crippen LogP contribution in [0.2, 0.25) is 0 Å². The molecule has 120 valence electrons. The van der Waals surface area contributed by atoms with Crippen molar-refractivity contribution in [2.75, 3.05) is 6.61 Å². The van der Waals surface area contributed by atoms with E-state index in [-0.39, 0.29) is 17.8 Å². The minimum Gasteiger partial charge on any atom is -0.493 e. The van der Waals surface area contributed by atoms with E-state index in [0.29, 0.717) is 6.61 Å². The van der Waals surface area contributed by atoms with Crippen molar-refractivity contribution < 1.29 is 13.9 Å². The minimum absolute atomic E-state index is 0.199. The van der Waals surface area contributed by atoms with E-state index in [1.165, 1.54) is 18.2 Å². The summed E-state index contributed by atoms with van der Waals surface area (Å²) in [6.07, 6.45) is 3.19. The van der Waals surface area contributed by atoms with Crippen LogP contribution in [-0.4, -0.2) is 12.5 Å². The molecule has 0 bridgehead atoms. The van der Waals surface area contributed by atoms with E-state index in [1.807, 2.05) is 38.1 Å². The zero-order valence-corrected chi connectivity index (χ0v) is 13.3. The Hall–Kier alpha value is -2.62. The Kier molecular flexibility index (Phi) is 5.92. The van der Waals surface area contributed by atoms with Crippen LogP contribution >= 0.6 is 0 Å². The van der Waals surface area contributed by atoms with Crippen LogP contribution < -0.4 is 10.1 Å². The van der Waals surface area contributed by atoms with Crippen molar-refractivity contribution in [1.82, 2.24) is 5.32 Å². The fourth-order valence-electron chi connectivity index (χ4n) is 2.17. The number of nitrogens with one attached hydrogen (secondary N) is 1. The summed E-state index contributed by atoms with van der Waals surface area (Å²) >= 11 is 0. The van der Waals surface area contributed by atoms with E-state index >= 15 is 0 Å². The molecule has 0 saturated heterocycles. The average Bonchev–Trinajstić information content (AvgIpc) is 2.55. The first-order valence-electron chi connectivity index (χ1n) is 7.56. The molecule has 2 aromatic carbocycles. The van der Waals surface area contributed by atoms with Gasteiger partial charge in [-0.15, -0.1) is 0 Å². The van der Waals surface area contributed by atoms with Crippen molar-refractivity contribution in [3.8, 4) is 5.75 Å². The summed E-state index contributed by atoms with van der Waals surface area (Å²) < 4.78 is 18.4. The maximum atomic E-state index is 12.9. The molecule has 0 spiro atoms. The zero-order chi connectivity index (χ0) is 16.7. The molecule has 0 unspecified atom stereocenters. The third kappa shape index (κ3) is 4.95. The molecule has 0 radical (unpaired) electrons. The van der Waals surface area contributed by atoms with Crippen molar-refractivity contribution in [1.29, 1.82) is 0 Å². The maximum Gasteiger partial charge on any atom is 0.244 e. The van der Waals surface area contributed by atoms with Gasteiger partial charge in [-0.3, -0.25) is 4.79 Å². The van der Waals surface area contributed by atoms with Gasteiger partial charge in [-0.2, -0.15) is 0 Å². The van der Waals surface area contributed by atoms with E-state index in [1.54, 1.807) is 18.2 Å². The summed E-state index contributed by atoms with van der Waals surface area (Å²) in [6, 6.07) is 13.4. The molecule has 3 nitrogen and oxygen atoms in total. The molecule has 2 aromatic rings. The fraction of sp³-hybridized carbons (Fsp3) is 0.211. The van der Waals surface area contributed by atoms with E-state index in [9.17, 15) is 9.18 Å². The van der Waals surface area contributed by atoms with Gasteiger partial charge in [0, 0.05) is 11.6 Å². The molecule has 1 N–H and O–H groups in total. The number of carbonyl (C=O) groups excluding carboxylic acids is 1. The molecule has 1 atom stereocenters. The maximum absolute atomic E-state index is 12.9. The lowest BCUT2D eigenvalue weighted by atomic mass is 10.1. The van der Waals surface area contributed by atoms with Crippen LogP contribution in [0.5, 0.6) is 5.75 Å². The van der Waals surface area contributed by atoms with Gasteiger partial charge >= 0.3 is 0 Å². The molecular formula is C19H20FNO2. The molecule has 0 aliphatic heterocycles. The number of amides is 1. The van der Waals surface area contributed by atoms with Gasteiger partial charge in [-0.25, -0.2) is 4.39 Å². The SMILES string of the molecule is CCOc1ccccc1/C=C/C(=O)N[C@@H](C)c1ccc(F)cc1. The highest BCUT2D eigenvalue weighted by Gasteiger charge is 2.07. The second-order valence-corrected chi connectivity index (χ2v) is 5.09. The van der Waals surface area contributed by atoms with Gasteiger partial charge in [0.15, 0.2) is 0 Å². The second-order valence-electron chi connectivity index (χ2n) is 5.09.